The summed E-state index contributed by atoms with van der Waals surface area (Å²) >= 11 is 1.40. The summed E-state index contributed by atoms with van der Waals surface area (Å²) in [5.74, 6) is 0.713. The molecule has 1 aliphatic rings. The van der Waals surface area contributed by atoms with Gasteiger partial charge in [-0.2, -0.15) is 0 Å². The third-order valence-electron chi connectivity index (χ3n) is 4.14. The molecule has 1 aromatic carbocycles. The van der Waals surface area contributed by atoms with Crippen LogP contribution in [0.2, 0.25) is 0 Å². The van der Waals surface area contributed by atoms with Crippen LogP contribution in [0.25, 0.3) is 11.4 Å². The Morgan fingerprint density at radius 1 is 1.33 bits per heavy atom. The number of nitrogens with zero attached hydrogens (tertiary/aromatic N) is 3. The first-order valence-corrected chi connectivity index (χ1v) is 9.52. The Balaban J connectivity index is 1.80. The number of esters is 1. The molecule has 1 aliphatic heterocycles. The zero-order chi connectivity index (χ0) is 19.4. The van der Waals surface area contributed by atoms with Crippen molar-refractivity contribution in [3.8, 4) is 11.4 Å². The first-order valence-electron chi connectivity index (χ1n) is 8.53. The predicted molar refractivity (Wildman–Crippen MR) is 102 cm³/mol. The lowest BCUT2D eigenvalue weighted by Crippen LogP contribution is -2.44. The number of carbonyl (C=O) groups is 2. The minimum atomic E-state index is -0.431. The SMILES string of the molecule is CCOC(=O)C1=C(CSc2nnc(-c3ccccc3C)n2C)NC(=O)NC1. The van der Waals surface area contributed by atoms with E-state index in [-0.39, 0.29) is 19.2 Å². The molecule has 142 valence electrons. The van der Waals surface area contributed by atoms with Crippen molar-refractivity contribution in [3.05, 3.63) is 41.1 Å². The highest BCUT2D eigenvalue weighted by Gasteiger charge is 2.24. The van der Waals surface area contributed by atoms with Crippen LogP contribution in [-0.2, 0) is 16.6 Å². The zero-order valence-electron chi connectivity index (χ0n) is 15.4. The Labute approximate surface area is 161 Å². The molecule has 9 heteroatoms. The van der Waals surface area contributed by atoms with E-state index >= 15 is 0 Å². The maximum atomic E-state index is 12.1. The molecule has 0 saturated carbocycles. The summed E-state index contributed by atoms with van der Waals surface area (Å²) < 4.78 is 6.97. The monoisotopic (exact) mass is 387 g/mol. The van der Waals surface area contributed by atoms with E-state index in [1.807, 2.05) is 42.8 Å². The largest absolute Gasteiger partial charge is 0.463 e. The minimum Gasteiger partial charge on any atom is -0.463 e. The number of hydrogen-bond donors (Lipinski definition) is 2. The molecule has 0 fully saturated rings. The Bertz CT molecular complexity index is 906. The lowest BCUT2D eigenvalue weighted by atomic mass is 10.1. The molecule has 0 saturated heterocycles. The molecule has 0 bridgehead atoms. The third kappa shape index (κ3) is 4.13. The number of carbonyl (C=O) groups excluding carboxylic acids is 2. The third-order valence-corrected chi connectivity index (χ3v) is 5.19. The number of thioether (sulfide) groups is 1. The molecule has 8 nitrogen and oxygen atoms in total. The average molecular weight is 387 g/mol. The van der Waals surface area contributed by atoms with E-state index in [2.05, 4.69) is 20.8 Å². The van der Waals surface area contributed by atoms with Crippen molar-refractivity contribution in [2.75, 3.05) is 18.9 Å². The van der Waals surface area contributed by atoms with Crippen LogP contribution >= 0.6 is 11.8 Å². The van der Waals surface area contributed by atoms with Gasteiger partial charge in [-0.25, -0.2) is 9.59 Å². The molecule has 27 heavy (non-hydrogen) atoms. The summed E-state index contributed by atoms with van der Waals surface area (Å²) in [7, 11) is 1.89. The van der Waals surface area contributed by atoms with Crippen molar-refractivity contribution in [2.45, 2.75) is 19.0 Å². The molecule has 2 amide bonds. The predicted octanol–water partition coefficient (Wildman–Crippen LogP) is 2.01. The fourth-order valence-corrected chi connectivity index (χ4v) is 3.60. The van der Waals surface area contributed by atoms with Crippen LogP contribution in [-0.4, -0.2) is 45.7 Å². The molecule has 2 aromatic rings. The van der Waals surface area contributed by atoms with Crippen LogP contribution in [0.5, 0.6) is 0 Å². The van der Waals surface area contributed by atoms with Crippen molar-refractivity contribution >= 4 is 23.8 Å². The Morgan fingerprint density at radius 3 is 2.85 bits per heavy atom. The lowest BCUT2D eigenvalue weighted by Gasteiger charge is -2.20. The first-order chi connectivity index (χ1) is 13.0. The smallest absolute Gasteiger partial charge is 0.337 e. The topological polar surface area (TPSA) is 98.1 Å². The number of benzene rings is 1. The molecule has 0 unspecified atom stereocenters. The highest BCUT2D eigenvalue weighted by Crippen LogP contribution is 2.26. The van der Waals surface area contributed by atoms with Gasteiger partial charge < -0.3 is 19.9 Å². The normalized spacial score (nSPS) is 14.0. The van der Waals surface area contributed by atoms with E-state index in [9.17, 15) is 9.59 Å². The van der Waals surface area contributed by atoms with Gasteiger partial charge in [0.1, 0.15) is 0 Å². The molecular formula is C18H21N5O3S. The van der Waals surface area contributed by atoms with Gasteiger partial charge in [-0.3, -0.25) is 0 Å². The summed E-state index contributed by atoms with van der Waals surface area (Å²) in [4.78, 5) is 23.8. The van der Waals surface area contributed by atoms with Crippen LogP contribution in [0.1, 0.15) is 12.5 Å². The second kappa shape index (κ2) is 8.26. The van der Waals surface area contributed by atoms with E-state index in [0.717, 1.165) is 17.0 Å². The van der Waals surface area contributed by atoms with Gasteiger partial charge in [0.25, 0.3) is 0 Å². The van der Waals surface area contributed by atoms with Crippen molar-refractivity contribution in [1.29, 1.82) is 0 Å². The van der Waals surface area contributed by atoms with Gasteiger partial charge in [0.05, 0.1) is 18.7 Å². The quantitative estimate of drug-likeness (QED) is 0.581. The zero-order valence-corrected chi connectivity index (χ0v) is 16.2. The van der Waals surface area contributed by atoms with Crippen molar-refractivity contribution < 1.29 is 14.3 Å². The van der Waals surface area contributed by atoms with Gasteiger partial charge in [-0.05, 0) is 19.4 Å². The summed E-state index contributed by atoms with van der Waals surface area (Å²) in [5.41, 5.74) is 3.08. The van der Waals surface area contributed by atoms with Gasteiger partial charge in [-0.1, -0.05) is 36.0 Å². The molecule has 0 spiro atoms. The van der Waals surface area contributed by atoms with Crippen LogP contribution in [0.4, 0.5) is 4.79 Å². The summed E-state index contributed by atoms with van der Waals surface area (Å²) in [6.45, 7) is 4.19. The molecule has 2 heterocycles. The molecular weight excluding hydrogens is 366 g/mol. The molecule has 3 rings (SSSR count). The van der Waals surface area contributed by atoms with Crippen molar-refractivity contribution in [2.24, 2.45) is 7.05 Å². The molecule has 0 radical (unpaired) electrons. The van der Waals surface area contributed by atoms with Gasteiger partial charge in [0.2, 0.25) is 0 Å². The highest BCUT2D eigenvalue weighted by molar-refractivity contribution is 7.99. The number of ether oxygens (including phenoxy) is 1. The van der Waals surface area contributed by atoms with E-state index in [1.165, 1.54) is 11.8 Å². The minimum absolute atomic E-state index is 0.147. The second-order valence-electron chi connectivity index (χ2n) is 5.95. The number of nitrogens with one attached hydrogen (secondary N) is 2. The number of rotatable bonds is 6. The van der Waals surface area contributed by atoms with Crippen molar-refractivity contribution in [1.82, 2.24) is 25.4 Å². The van der Waals surface area contributed by atoms with Gasteiger partial charge in [0, 0.05) is 24.1 Å². The van der Waals surface area contributed by atoms with Crippen LogP contribution in [0.3, 0.4) is 0 Å². The number of aromatic nitrogens is 3. The van der Waals surface area contributed by atoms with Crippen molar-refractivity contribution in [3.63, 3.8) is 0 Å². The number of amides is 2. The number of aryl methyl sites for hydroxylation is 1. The van der Waals surface area contributed by atoms with Gasteiger partial charge in [0.15, 0.2) is 11.0 Å². The summed E-state index contributed by atoms with van der Waals surface area (Å²) in [6.07, 6.45) is 0. The van der Waals surface area contributed by atoms with E-state index in [0.29, 0.717) is 22.2 Å². The van der Waals surface area contributed by atoms with Crippen LogP contribution < -0.4 is 10.6 Å². The molecule has 0 aliphatic carbocycles. The molecule has 1 aromatic heterocycles. The first kappa shape index (κ1) is 19.0. The van der Waals surface area contributed by atoms with E-state index < -0.39 is 5.97 Å². The maximum Gasteiger partial charge on any atom is 0.337 e. The van der Waals surface area contributed by atoms with Crippen LogP contribution in [0.15, 0.2) is 40.7 Å². The summed E-state index contributed by atoms with van der Waals surface area (Å²) in [5, 5.41) is 14.5. The van der Waals surface area contributed by atoms with E-state index in [4.69, 9.17) is 4.74 Å². The number of urea groups is 1. The standard InChI is InChI=1S/C18H21N5O3S/c1-4-26-16(24)13-9-19-17(25)20-14(13)10-27-18-22-21-15(23(18)3)12-8-6-5-7-11(12)2/h5-8H,4,9-10H2,1-3H3,(H2,19,20,25). The summed E-state index contributed by atoms with van der Waals surface area (Å²) in [6, 6.07) is 7.64. The Morgan fingerprint density at radius 2 is 2.11 bits per heavy atom. The highest BCUT2D eigenvalue weighted by atomic mass is 32.2. The molecule has 0 atom stereocenters. The maximum absolute atomic E-state index is 12.1. The van der Waals surface area contributed by atoms with E-state index in [1.54, 1.807) is 6.92 Å². The Hall–Kier alpha value is -2.81. The lowest BCUT2D eigenvalue weighted by molar-refractivity contribution is -0.138. The fourth-order valence-electron chi connectivity index (χ4n) is 2.70. The van der Waals surface area contributed by atoms with Gasteiger partial charge in [-0.15, -0.1) is 10.2 Å². The average Bonchev–Trinajstić information content (AvgIpc) is 3.01. The number of hydrogen-bond acceptors (Lipinski definition) is 6. The molecule has 2 N–H and O–H groups in total. The van der Waals surface area contributed by atoms with Crippen LogP contribution in [0, 0.1) is 6.92 Å². The Kier molecular flexibility index (Phi) is 5.80. The fraction of sp³-hybridized carbons (Fsp3) is 0.333. The second-order valence-corrected chi connectivity index (χ2v) is 6.90. The van der Waals surface area contributed by atoms with Gasteiger partial charge >= 0.3 is 12.0 Å².